The Morgan fingerprint density at radius 3 is 2.58 bits per heavy atom. The number of rotatable bonds is 8. The van der Waals surface area contributed by atoms with Crippen molar-refractivity contribution in [3.05, 3.63) is 18.0 Å². The van der Waals surface area contributed by atoms with Crippen molar-refractivity contribution in [3.8, 4) is 0 Å². The minimum atomic E-state index is 0.419. The molecule has 3 rings (SSSR count). The number of hydrogen-bond donors (Lipinski definition) is 0. The van der Waals surface area contributed by atoms with E-state index in [1.165, 1.54) is 38.0 Å². The van der Waals surface area contributed by atoms with Crippen LogP contribution < -0.4 is 0 Å². The normalized spacial score (nSPS) is 24.1. The van der Waals surface area contributed by atoms with Crippen LogP contribution in [-0.4, -0.2) is 79.7 Å². The third kappa shape index (κ3) is 4.47. The maximum Gasteiger partial charge on any atom is 0.0589 e. The van der Waals surface area contributed by atoms with E-state index < -0.39 is 0 Å². The summed E-state index contributed by atoms with van der Waals surface area (Å²) in [7, 11) is 3.63. The van der Waals surface area contributed by atoms with Crippen LogP contribution in [0, 0.1) is 11.3 Å². The molecule has 1 aromatic heterocycles. The van der Waals surface area contributed by atoms with Gasteiger partial charge >= 0.3 is 0 Å². The van der Waals surface area contributed by atoms with E-state index in [0.29, 0.717) is 17.4 Å². The monoisotopic (exact) mass is 364 g/mol. The molecule has 6 heteroatoms. The Hall–Kier alpha value is -0.950. The summed E-state index contributed by atoms with van der Waals surface area (Å²) < 4.78 is 12.9. The lowest BCUT2D eigenvalue weighted by Gasteiger charge is -2.42. The average Bonchev–Trinajstić information content (AvgIpc) is 3.22. The summed E-state index contributed by atoms with van der Waals surface area (Å²) in [5.41, 5.74) is 1.75. The number of hydrogen-bond acceptors (Lipinski definition) is 5. The van der Waals surface area contributed by atoms with Crippen LogP contribution in [0.4, 0.5) is 0 Å². The molecule has 2 aliphatic heterocycles. The first-order valence-corrected chi connectivity index (χ1v) is 10.0. The molecule has 2 fully saturated rings. The van der Waals surface area contributed by atoms with Crippen LogP contribution in [0.25, 0.3) is 0 Å². The number of methoxy groups -OCH3 is 2. The molecule has 26 heavy (non-hydrogen) atoms. The summed E-state index contributed by atoms with van der Waals surface area (Å²) in [5.74, 6) is 0.648. The summed E-state index contributed by atoms with van der Waals surface area (Å²) >= 11 is 0. The van der Waals surface area contributed by atoms with Crippen molar-refractivity contribution < 1.29 is 9.47 Å². The molecule has 2 aliphatic rings. The fourth-order valence-electron chi connectivity index (χ4n) is 4.69. The third-order valence-electron chi connectivity index (χ3n) is 6.30. The van der Waals surface area contributed by atoms with Crippen molar-refractivity contribution in [2.75, 3.05) is 60.2 Å². The Balaban J connectivity index is 1.56. The van der Waals surface area contributed by atoms with E-state index in [1.54, 1.807) is 7.11 Å². The van der Waals surface area contributed by atoms with Crippen LogP contribution in [0.15, 0.2) is 12.4 Å². The van der Waals surface area contributed by atoms with Gasteiger partial charge in [0.1, 0.15) is 0 Å². The molecule has 6 nitrogen and oxygen atoms in total. The Bertz CT molecular complexity index is 552. The molecule has 0 bridgehead atoms. The van der Waals surface area contributed by atoms with Crippen LogP contribution in [0.3, 0.4) is 0 Å². The fourth-order valence-corrected chi connectivity index (χ4v) is 4.69. The first-order valence-electron chi connectivity index (χ1n) is 10.0. The Labute approximate surface area is 158 Å². The van der Waals surface area contributed by atoms with Crippen molar-refractivity contribution >= 4 is 0 Å². The molecule has 3 heterocycles. The van der Waals surface area contributed by atoms with Gasteiger partial charge in [0, 0.05) is 64.1 Å². The maximum atomic E-state index is 5.57. The van der Waals surface area contributed by atoms with Crippen LogP contribution >= 0.6 is 0 Å². The van der Waals surface area contributed by atoms with E-state index in [-0.39, 0.29) is 0 Å². The maximum absolute atomic E-state index is 5.57. The first-order chi connectivity index (χ1) is 12.6. The highest BCUT2D eigenvalue weighted by Gasteiger charge is 2.47. The van der Waals surface area contributed by atoms with Gasteiger partial charge in [-0.1, -0.05) is 0 Å². The van der Waals surface area contributed by atoms with Gasteiger partial charge in [0.25, 0.3) is 0 Å². The highest BCUT2D eigenvalue weighted by atomic mass is 16.5. The van der Waals surface area contributed by atoms with E-state index in [4.69, 9.17) is 9.47 Å². The van der Waals surface area contributed by atoms with Crippen molar-refractivity contribution in [3.63, 3.8) is 0 Å². The highest BCUT2D eigenvalue weighted by Crippen LogP contribution is 2.44. The molecule has 1 aromatic rings. The minimum Gasteiger partial charge on any atom is -0.384 e. The summed E-state index contributed by atoms with van der Waals surface area (Å²) in [6.45, 7) is 12.8. The van der Waals surface area contributed by atoms with Crippen molar-refractivity contribution in [1.29, 1.82) is 0 Å². The summed E-state index contributed by atoms with van der Waals surface area (Å²) in [5, 5.41) is 4.48. The molecular weight excluding hydrogens is 328 g/mol. The fraction of sp³-hybridized carbons (Fsp3) is 0.850. The van der Waals surface area contributed by atoms with E-state index in [9.17, 15) is 0 Å². The molecule has 148 valence electrons. The third-order valence-corrected chi connectivity index (χ3v) is 6.30. The lowest BCUT2D eigenvalue weighted by Crippen LogP contribution is -2.45. The molecule has 1 spiro atoms. The molecule has 0 unspecified atom stereocenters. The van der Waals surface area contributed by atoms with E-state index in [2.05, 4.69) is 39.6 Å². The molecule has 0 radical (unpaired) electrons. The molecule has 2 saturated heterocycles. The predicted octanol–water partition coefficient (Wildman–Crippen LogP) is 2.27. The molecule has 0 N–H and O–H groups in total. The van der Waals surface area contributed by atoms with Gasteiger partial charge in [-0.3, -0.25) is 9.58 Å². The molecular formula is C20H36N4O2. The minimum absolute atomic E-state index is 0.419. The van der Waals surface area contributed by atoms with Crippen LogP contribution in [-0.2, 0) is 16.0 Å². The zero-order valence-electron chi connectivity index (χ0n) is 17.0. The van der Waals surface area contributed by atoms with Gasteiger partial charge in [0.05, 0.1) is 19.4 Å². The van der Waals surface area contributed by atoms with Gasteiger partial charge in [0.2, 0.25) is 0 Å². The molecule has 0 amide bonds. The van der Waals surface area contributed by atoms with Gasteiger partial charge in [0.15, 0.2) is 0 Å². The quantitative estimate of drug-likeness (QED) is 0.708. The molecule has 0 saturated carbocycles. The second-order valence-electron chi connectivity index (χ2n) is 8.44. The topological polar surface area (TPSA) is 42.8 Å². The van der Waals surface area contributed by atoms with Crippen LogP contribution in [0.5, 0.6) is 0 Å². The molecule has 0 aliphatic carbocycles. The predicted molar refractivity (Wildman–Crippen MR) is 103 cm³/mol. The summed E-state index contributed by atoms with van der Waals surface area (Å²) in [6, 6.07) is 0.430. The van der Waals surface area contributed by atoms with Crippen molar-refractivity contribution in [2.45, 2.75) is 39.3 Å². The first kappa shape index (κ1) is 19.8. The van der Waals surface area contributed by atoms with E-state index in [0.717, 1.165) is 32.8 Å². The second-order valence-corrected chi connectivity index (χ2v) is 8.44. The lowest BCUT2D eigenvalue weighted by molar-refractivity contribution is 0.0348. The van der Waals surface area contributed by atoms with Crippen LogP contribution in [0.1, 0.15) is 38.3 Å². The van der Waals surface area contributed by atoms with Crippen molar-refractivity contribution in [1.82, 2.24) is 19.6 Å². The van der Waals surface area contributed by atoms with Gasteiger partial charge < -0.3 is 14.4 Å². The van der Waals surface area contributed by atoms with Gasteiger partial charge in [-0.05, 0) is 45.2 Å². The second kappa shape index (κ2) is 8.83. The number of aromatic nitrogens is 2. The largest absolute Gasteiger partial charge is 0.384 e. The lowest BCUT2D eigenvalue weighted by atomic mass is 9.71. The standard InChI is InChI=1S/C20H36N4O2/c1-17(2)24-13-18(11-21-24)12-22-7-5-20(6-8-22)16-23(9-10-25-3)14-19(20)15-26-4/h11,13,17,19H,5-10,12,14-16H2,1-4H3/t19-/m1/s1. The average molecular weight is 365 g/mol. The van der Waals surface area contributed by atoms with Gasteiger partial charge in [-0.2, -0.15) is 5.10 Å². The Morgan fingerprint density at radius 2 is 1.96 bits per heavy atom. The summed E-state index contributed by atoms with van der Waals surface area (Å²) in [4.78, 5) is 5.17. The number of ether oxygens (including phenoxy) is 2. The number of nitrogens with zero attached hydrogens (tertiary/aromatic N) is 4. The molecule has 1 atom stereocenters. The Morgan fingerprint density at radius 1 is 1.19 bits per heavy atom. The van der Waals surface area contributed by atoms with Crippen molar-refractivity contribution in [2.24, 2.45) is 11.3 Å². The Kier molecular flexibility index (Phi) is 6.72. The number of likely N-dealkylation sites (tertiary alicyclic amines) is 2. The zero-order valence-corrected chi connectivity index (χ0v) is 17.0. The summed E-state index contributed by atoms with van der Waals surface area (Å²) in [6.07, 6.45) is 6.76. The smallest absolute Gasteiger partial charge is 0.0589 e. The highest BCUT2D eigenvalue weighted by molar-refractivity contribution is 5.06. The van der Waals surface area contributed by atoms with Gasteiger partial charge in [-0.25, -0.2) is 0 Å². The SMILES string of the molecule is COCCN1C[C@H](COC)C2(CCN(Cc3cnn(C(C)C)c3)CC2)C1. The molecule has 0 aromatic carbocycles. The number of piperidine rings is 1. The van der Waals surface area contributed by atoms with E-state index in [1.807, 2.05) is 13.3 Å². The van der Waals surface area contributed by atoms with E-state index >= 15 is 0 Å². The zero-order chi connectivity index (χ0) is 18.6. The van der Waals surface area contributed by atoms with Crippen LogP contribution in [0.2, 0.25) is 0 Å². The van der Waals surface area contributed by atoms with Gasteiger partial charge in [-0.15, -0.1) is 0 Å².